The van der Waals surface area contributed by atoms with Crippen LogP contribution >= 0.6 is 0 Å². The largest absolute Gasteiger partial charge is 0.455 e. The van der Waals surface area contributed by atoms with Crippen molar-refractivity contribution in [2.45, 2.75) is 44.9 Å². The van der Waals surface area contributed by atoms with E-state index in [0.717, 1.165) is 12.8 Å². The number of carbonyl (C=O) groups excluding carboxylic acids is 1. The van der Waals surface area contributed by atoms with Crippen molar-refractivity contribution in [1.82, 2.24) is 4.31 Å². The van der Waals surface area contributed by atoms with Crippen LogP contribution in [-0.2, 0) is 14.8 Å². The highest BCUT2D eigenvalue weighted by atomic mass is 32.2. The molecule has 0 atom stereocenters. The molecule has 0 bridgehead atoms. The molecule has 0 heterocycles. The molecular formula is C21H28N2O4S. The first-order chi connectivity index (χ1) is 13.4. The van der Waals surface area contributed by atoms with Crippen molar-refractivity contribution >= 4 is 21.6 Å². The Balaban J connectivity index is 2.40. The second-order valence-electron chi connectivity index (χ2n) is 6.31. The van der Waals surface area contributed by atoms with Crippen molar-refractivity contribution < 1.29 is 17.9 Å². The van der Waals surface area contributed by atoms with Crippen LogP contribution in [0.5, 0.6) is 11.5 Å². The molecule has 7 heteroatoms. The van der Waals surface area contributed by atoms with Gasteiger partial charge in [-0.3, -0.25) is 4.79 Å². The molecule has 2 aromatic carbocycles. The Kier molecular flexibility index (Phi) is 8.02. The Morgan fingerprint density at radius 1 is 1.04 bits per heavy atom. The maximum absolute atomic E-state index is 12.8. The van der Waals surface area contributed by atoms with Crippen molar-refractivity contribution in [1.29, 1.82) is 0 Å². The average molecular weight is 405 g/mol. The average Bonchev–Trinajstić information content (AvgIpc) is 2.69. The zero-order valence-corrected chi connectivity index (χ0v) is 17.5. The summed E-state index contributed by atoms with van der Waals surface area (Å²) in [6.07, 6.45) is 2.03. The second kappa shape index (κ2) is 10.2. The fourth-order valence-corrected chi connectivity index (χ4v) is 4.22. The van der Waals surface area contributed by atoms with Gasteiger partial charge in [0.15, 0.2) is 5.75 Å². The molecular weight excluding hydrogens is 376 g/mol. The van der Waals surface area contributed by atoms with Crippen molar-refractivity contribution in [2.24, 2.45) is 0 Å². The van der Waals surface area contributed by atoms with Gasteiger partial charge >= 0.3 is 0 Å². The number of para-hydroxylation sites is 1. The normalized spacial score (nSPS) is 11.4. The fraction of sp³-hybridized carbons (Fsp3) is 0.381. The summed E-state index contributed by atoms with van der Waals surface area (Å²) >= 11 is 0. The van der Waals surface area contributed by atoms with Gasteiger partial charge in [-0.1, -0.05) is 45.4 Å². The molecule has 0 saturated carbocycles. The Hall–Kier alpha value is -2.38. The highest BCUT2D eigenvalue weighted by Crippen LogP contribution is 2.33. The minimum Gasteiger partial charge on any atom is -0.455 e. The third kappa shape index (κ3) is 5.56. The van der Waals surface area contributed by atoms with Gasteiger partial charge in [-0.15, -0.1) is 0 Å². The number of carbonyl (C=O) groups is 1. The Labute approximate surface area is 167 Å². The molecule has 1 N–H and O–H groups in total. The van der Waals surface area contributed by atoms with E-state index in [-0.39, 0.29) is 10.8 Å². The smallest absolute Gasteiger partial charge is 0.243 e. The number of nitrogens with one attached hydrogen (secondary N) is 1. The van der Waals surface area contributed by atoms with Crippen molar-refractivity contribution in [3.63, 3.8) is 0 Å². The zero-order chi connectivity index (χ0) is 20.6. The van der Waals surface area contributed by atoms with E-state index >= 15 is 0 Å². The summed E-state index contributed by atoms with van der Waals surface area (Å²) in [5, 5.41) is 2.81. The van der Waals surface area contributed by atoms with Crippen LogP contribution in [0.25, 0.3) is 0 Å². The fourth-order valence-electron chi connectivity index (χ4n) is 2.73. The van der Waals surface area contributed by atoms with Gasteiger partial charge in [0, 0.05) is 19.5 Å². The third-order valence-electron chi connectivity index (χ3n) is 4.30. The second-order valence-corrected chi connectivity index (χ2v) is 8.25. The van der Waals surface area contributed by atoms with E-state index in [1.54, 1.807) is 32.0 Å². The summed E-state index contributed by atoms with van der Waals surface area (Å²) in [4.78, 5) is 12.4. The predicted octanol–water partition coefficient (Wildman–Crippen LogP) is 4.64. The summed E-state index contributed by atoms with van der Waals surface area (Å²) < 4.78 is 32.9. The van der Waals surface area contributed by atoms with Gasteiger partial charge in [0.2, 0.25) is 15.9 Å². The van der Waals surface area contributed by atoms with Gasteiger partial charge < -0.3 is 10.1 Å². The number of hydrogen-bond acceptors (Lipinski definition) is 4. The van der Waals surface area contributed by atoms with Crippen LogP contribution in [0.3, 0.4) is 0 Å². The van der Waals surface area contributed by atoms with Crippen molar-refractivity contribution in [2.75, 3.05) is 18.4 Å². The lowest BCUT2D eigenvalue weighted by molar-refractivity contribution is -0.116. The molecule has 2 rings (SSSR count). The van der Waals surface area contributed by atoms with Gasteiger partial charge in [-0.25, -0.2) is 8.42 Å². The molecule has 0 spiro atoms. The number of hydrogen-bond donors (Lipinski definition) is 1. The summed E-state index contributed by atoms with van der Waals surface area (Å²) in [6, 6.07) is 13.7. The van der Waals surface area contributed by atoms with Crippen molar-refractivity contribution in [3.05, 3.63) is 48.5 Å². The molecule has 0 saturated heterocycles. The van der Waals surface area contributed by atoms with Crippen LogP contribution in [0.15, 0.2) is 53.4 Å². The van der Waals surface area contributed by atoms with Gasteiger partial charge in [0.25, 0.3) is 0 Å². The summed E-state index contributed by atoms with van der Waals surface area (Å²) in [5.74, 6) is 0.831. The Bertz CT molecular complexity index is 879. The van der Waals surface area contributed by atoms with Crippen LogP contribution in [0.2, 0.25) is 0 Å². The lowest BCUT2D eigenvalue weighted by Gasteiger charge is -2.20. The van der Waals surface area contributed by atoms with E-state index in [1.807, 2.05) is 25.1 Å². The van der Waals surface area contributed by atoms with Crippen LogP contribution in [0.1, 0.15) is 40.0 Å². The number of unbranched alkanes of at least 4 members (excludes halogenated alkanes) is 1. The topological polar surface area (TPSA) is 75.7 Å². The van der Waals surface area contributed by atoms with E-state index in [0.29, 0.717) is 36.7 Å². The molecule has 0 radical (unpaired) electrons. The van der Waals surface area contributed by atoms with Crippen molar-refractivity contribution in [3.8, 4) is 11.5 Å². The molecule has 6 nitrogen and oxygen atoms in total. The molecule has 0 unspecified atom stereocenters. The SMILES string of the molecule is CCCCC(=O)Nc1cc(S(=O)(=O)N(CC)CC)ccc1Oc1ccccc1. The molecule has 0 aliphatic rings. The van der Waals surface area contributed by atoms with Gasteiger partial charge in [-0.2, -0.15) is 4.31 Å². The molecule has 2 aromatic rings. The number of sulfonamides is 1. The van der Waals surface area contributed by atoms with Gasteiger partial charge in [-0.05, 0) is 36.8 Å². The first-order valence-corrected chi connectivity index (χ1v) is 11.0. The first-order valence-electron chi connectivity index (χ1n) is 9.59. The number of anilines is 1. The summed E-state index contributed by atoms with van der Waals surface area (Å²) in [7, 11) is -3.64. The Morgan fingerprint density at radius 2 is 1.71 bits per heavy atom. The van der Waals surface area contributed by atoms with E-state index in [9.17, 15) is 13.2 Å². The van der Waals surface area contributed by atoms with E-state index in [1.165, 1.54) is 16.4 Å². The monoisotopic (exact) mass is 404 g/mol. The number of benzene rings is 2. The maximum atomic E-state index is 12.8. The standard InChI is InChI=1S/C21H28N2O4S/c1-4-7-13-21(24)22-19-16-18(28(25,26)23(5-2)6-3)14-15-20(19)27-17-11-9-8-10-12-17/h8-12,14-16H,4-7,13H2,1-3H3,(H,22,24). The Morgan fingerprint density at radius 3 is 2.32 bits per heavy atom. The van der Waals surface area contributed by atoms with E-state index in [2.05, 4.69) is 5.32 Å². The highest BCUT2D eigenvalue weighted by Gasteiger charge is 2.23. The lowest BCUT2D eigenvalue weighted by Crippen LogP contribution is -2.30. The first kappa shape index (κ1) is 21.9. The van der Waals surface area contributed by atoms with Crippen LogP contribution in [-0.4, -0.2) is 31.7 Å². The lowest BCUT2D eigenvalue weighted by atomic mass is 10.2. The molecule has 28 heavy (non-hydrogen) atoms. The summed E-state index contributed by atoms with van der Waals surface area (Å²) in [5.41, 5.74) is 0.346. The predicted molar refractivity (Wildman–Crippen MR) is 111 cm³/mol. The van der Waals surface area contributed by atoms with Gasteiger partial charge in [0.05, 0.1) is 10.6 Å². The minimum absolute atomic E-state index is 0.127. The van der Waals surface area contributed by atoms with Gasteiger partial charge in [0.1, 0.15) is 5.75 Å². The maximum Gasteiger partial charge on any atom is 0.243 e. The number of ether oxygens (including phenoxy) is 1. The van der Waals surface area contributed by atoms with Crippen LogP contribution in [0, 0.1) is 0 Å². The quantitative estimate of drug-likeness (QED) is 0.626. The van der Waals surface area contributed by atoms with E-state index < -0.39 is 10.0 Å². The zero-order valence-electron chi connectivity index (χ0n) is 16.6. The van der Waals surface area contributed by atoms with E-state index in [4.69, 9.17) is 4.74 Å². The minimum atomic E-state index is -3.64. The molecule has 0 aliphatic heterocycles. The third-order valence-corrected chi connectivity index (χ3v) is 6.34. The molecule has 0 fully saturated rings. The highest BCUT2D eigenvalue weighted by molar-refractivity contribution is 7.89. The number of nitrogens with zero attached hydrogens (tertiary/aromatic N) is 1. The molecule has 1 amide bonds. The molecule has 0 aromatic heterocycles. The number of rotatable bonds is 10. The summed E-state index contributed by atoms with van der Waals surface area (Å²) in [6.45, 7) is 6.34. The van der Waals surface area contributed by atoms with Crippen LogP contribution in [0.4, 0.5) is 5.69 Å². The number of amides is 1. The van der Waals surface area contributed by atoms with Crippen LogP contribution < -0.4 is 10.1 Å². The molecule has 0 aliphatic carbocycles. The molecule has 152 valence electrons.